The van der Waals surface area contributed by atoms with Crippen molar-refractivity contribution in [2.24, 2.45) is 5.73 Å². The number of rotatable bonds is 7. The number of hydrogen-bond acceptors (Lipinski definition) is 4. The monoisotopic (exact) mass is 326 g/mol. The molecule has 0 saturated heterocycles. The lowest BCUT2D eigenvalue weighted by Gasteiger charge is -2.07. The zero-order chi connectivity index (χ0) is 16.1. The van der Waals surface area contributed by atoms with Gasteiger partial charge in [-0.15, -0.1) is 11.3 Å². The van der Waals surface area contributed by atoms with Crippen LogP contribution >= 0.6 is 11.3 Å². The number of benzene rings is 2. The molecule has 1 heterocycles. The summed E-state index contributed by atoms with van der Waals surface area (Å²) in [5.74, 6) is 0.184. The first-order valence-electron chi connectivity index (χ1n) is 7.39. The van der Waals surface area contributed by atoms with E-state index in [1.54, 1.807) is 0 Å². The van der Waals surface area contributed by atoms with Crippen LogP contribution in [0, 0.1) is 0 Å². The number of nitrogens with two attached hydrogens (primary N) is 1. The number of primary amides is 1. The van der Waals surface area contributed by atoms with Gasteiger partial charge in [-0.2, -0.15) is 0 Å². The molecule has 2 aromatic carbocycles. The highest BCUT2D eigenvalue weighted by Crippen LogP contribution is 2.25. The van der Waals surface area contributed by atoms with Crippen LogP contribution in [-0.4, -0.2) is 12.5 Å². The number of carbonyl (C=O) groups excluding carboxylic acids is 1. The molecule has 0 bridgehead atoms. The molecule has 0 fully saturated rings. The normalized spacial score (nSPS) is 10.8. The Hall–Kier alpha value is -2.37. The fourth-order valence-electron chi connectivity index (χ4n) is 2.35. The predicted octanol–water partition coefficient (Wildman–Crippen LogP) is 3.06. The second-order valence-corrected chi connectivity index (χ2v) is 6.42. The molecule has 3 N–H and O–H groups in total. The Morgan fingerprint density at radius 1 is 1.09 bits per heavy atom. The van der Waals surface area contributed by atoms with Crippen molar-refractivity contribution in [3.63, 3.8) is 0 Å². The average Bonchev–Trinajstić information content (AvgIpc) is 2.96. The molecule has 5 heteroatoms. The summed E-state index contributed by atoms with van der Waals surface area (Å²) >= 11 is 1.81. The lowest BCUT2D eigenvalue weighted by atomic mass is 10.2. The van der Waals surface area contributed by atoms with E-state index in [0.29, 0.717) is 5.75 Å². The summed E-state index contributed by atoms with van der Waals surface area (Å²) in [6, 6.07) is 18.3. The molecule has 0 aliphatic heterocycles. The molecule has 1 amide bonds. The van der Waals surface area contributed by atoms with Crippen molar-refractivity contribution < 1.29 is 9.53 Å². The molecule has 0 spiro atoms. The van der Waals surface area contributed by atoms with Crippen LogP contribution in [0.2, 0.25) is 0 Å². The second-order valence-electron chi connectivity index (χ2n) is 5.26. The average molecular weight is 326 g/mol. The van der Waals surface area contributed by atoms with Gasteiger partial charge in [0.1, 0.15) is 5.75 Å². The van der Waals surface area contributed by atoms with Crippen LogP contribution in [-0.2, 0) is 17.9 Å². The maximum atomic E-state index is 10.7. The van der Waals surface area contributed by atoms with E-state index in [9.17, 15) is 4.79 Å². The Kier molecular flexibility index (Phi) is 4.90. The van der Waals surface area contributed by atoms with Crippen LogP contribution in [0.25, 0.3) is 10.1 Å². The number of thiophene rings is 1. The molecule has 0 aliphatic carbocycles. The summed E-state index contributed by atoms with van der Waals surface area (Å²) in [5.41, 5.74) is 6.18. The zero-order valence-corrected chi connectivity index (χ0v) is 13.4. The second kappa shape index (κ2) is 7.26. The van der Waals surface area contributed by atoms with Gasteiger partial charge in [-0.25, -0.2) is 0 Å². The van der Waals surface area contributed by atoms with E-state index < -0.39 is 5.91 Å². The van der Waals surface area contributed by atoms with Crippen LogP contribution < -0.4 is 15.8 Å². The third-order valence-electron chi connectivity index (χ3n) is 3.38. The van der Waals surface area contributed by atoms with Crippen molar-refractivity contribution >= 4 is 27.3 Å². The summed E-state index contributed by atoms with van der Waals surface area (Å²) in [6.45, 7) is 1.46. The van der Waals surface area contributed by atoms with Gasteiger partial charge in [-0.05, 0) is 35.2 Å². The molecular weight excluding hydrogens is 308 g/mol. The first-order chi connectivity index (χ1) is 11.2. The van der Waals surface area contributed by atoms with Crippen LogP contribution in [0.15, 0.2) is 54.6 Å². The Labute approximate surface area is 138 Å². The zero-order valence-electron chi connectivity index (χ0n) is 12.6. The minimum Gasteiger partial charge on any atom is -0.484 e. The summed E-state index contributed by atoms with van der Waals surface area (Å²) in [5, 5.41) is 4.72. The van der Waals surface area contributed by atoms with E-state index in [2.05, 4.69) is 35.6 Å². The van der Waals surface area contributed by atoms with Crippen LogP contribution in [0.1, 0.15) is 10.4 Å². The molecular formula is C18H18N2O2S. The summed E-state index contributed by atoms with van der Waals surface area (Å²) in [4.78, 5) is 12.1. The number of fused-ring (bicyclic) bond motifs is 1. The van der Waals surface area contributed by atoms with Gasteiger partial charge in [0.25, 0.3) is 5.91 Å². The summed E-state index contributed by atoms with van der Waals surface area (Å²) in [6.07, 6.45) is 0. The van der Waals surface area contributed by atoms with Crippen LogP contribution in [0.3, 0.4) is 0 Å². The van der Waals surface area contributed by atoms with E-state index in [4.69, 9.17) is 10.5 Å². The van der Waals surface area contributed by atoms with Crippen molar-refractivity contribution in [1.29, 1.82) is 0 Å². The number of amides is 1. The summed E-state index contributed by atoms with van der Waals surface area (Å²) < 4.78 is 6.62. The first-order valence-corrected chi connectivity index (χ1v) is 8.20. The quantitative estimate of drug-likeness (QED) is 0.701. The Morgan fingerprint density at radius 3 is 2.78 bits per heavy atom. The van der Waals surface area contributed by atoms with Crippen molar-refractivity contribution in [2.75, 3.05) is 6.61 Å². The number of carbonyl (C=O) groups is 1. The molecule has 0 atom stereocenters. The molecule has 118 valence electrons. The highest BCUT2D eigenvalue weighted by molar-refractivity contribution is 7.19. The molecule has 0 unspecified atom stereocenters. The molecule has 23 heavy (non-hydrogen) atoms. The highest BCUT2D eigenvalue weighted by atomic mass is 32.1. The van der Waals surface area contributed by atoms with E-state index in [0.717, 1.165) is 18.7 Å². The SMILES string of the molecule is NC(=O)COc1cccc(CNCc2cc3ccccc3s2)c1. The van der Waals surface area contributed by atoms with Crippen LogP contribution in [0.5, 0.6) is 5.75 Å². The molecule has 0 aliphatic rings. The van der Waals surface area contributed by atoms with E-state index in [-0.39, 0.29) is 6.61 Å². The van der Waals surface area contributed by atoms with Gasteiger partial charge in [0.2, 0.25) is 0 Å². The Balaban J connectivity index is 1.55. The maximum absolute atomic E-state index is 10.7. The number of hydrogen-bond donors (Lipinski definition) is 2. The van der Waals surface area contributed by atoms with Gasteiger partial charge in [0, 0.05) is 22.7 Å². The topological polar surface area (TPSA) is 64.4 Å². The van der Waals surface area contributed by atoms with E-state index >= 15 is 0 Å². The molecule has 3 rings (SSSR count). The molecule has 4 nitrogen and oxygen atoms in total. The van der Waals surface area contributed by atoms with Crippen molar-refractivity contribution in [3.05, 3.63) is 65.0 Å². The third-order valence-corrected chi connectivity index (χ3v) is 4.50. The minimum absolute atomic E-state index is 0.0985. The minimum atomic E-state index is -0.474. The predicted molar refractivity (Wildman–Crippen MR) is 93.5 cm³/mol. The van der Waals surface area contributed by atoms with Crippen molar-refractivity contribution in [3.8, 4) is 5.75 Å². The lowest BCUT2D eigenvalue weighted by molar-refractivity contribution is -0.119. The highest BCUT2D eigenvalue weighted by Gasteiger charge is 2.02. The lowest BCUT2D eigenvalue weighted by Crippen LogP contribution is -2.20. The number of nitrogens with one attached hydrogen (secondary N) is 1. The van der Waals surface area contributed by atoms with Crippen molar-refractivity contribution in [2.45, 2.75) is 13.1 Å². The largest absolute Gasteiger partial charge is 0.484 e. The molecule has 0 radical (unpaired) electrons. The molecule has 3 aromatic rings. The fourth-order valence-corrected chi connectivity index (χ4v) is 3.39. The van der Waals surface area contributed by atoms with Gasteiger partial charge < -0.3 is 15.8 Å². The van der Waals surface area contributed by atoms with Gasteiger partial charge in [0.05, 0.1) is 0 Å². The standard InChI is InChI=1S/C18H18N2O2S/c19-18(21)12-22-15-6-3-4-13(8-15)10-20-11-16-9-14-5-1-2-7-17(14)23-16/h1-9,20H,10-12H2,(H2,19,21). The Morgan fingerprint density at radius 2 is 1.96 bits per heavy atom. The van der Waals surface area contributed by atoms with Gasteiger partial charge in [-0.1, -0.05) is 30.3 Å². The first kappa shape index (κ1) is 15.5. The smallest absolute Gasteiger partial charge is 0.255 e. The van der Waals surface area contributed by atoms with Gasteiger partial charge in [-0.3, -0.25) is 4.79 Å². The fraction of sp³-hybridized carbons (Fsp3) is 0.167. The maximum Gasteiger partial charge on any atom is 0.255 e. The van der Waals surface area contributed by atoms with E-state index in [1.165, 1.54) is 15.0 Å². The van der Waals surface area contributed by atoms with Crippen molar-refractivity contribution in [1.82, 2.24) is 5.32 Å². The Bertz CT molecular complexity index is 780. The van der Waals surface area contributed by atoms with Crippen LogP contribution in [0.4, 0.5) is 0 Å². The molecule has 1 aromatic heterocycles. The third kappa shape index (κ3) is 4.31. The summed E-state index contributed by atoms with van der Waals surface area (Å²) in [7, 11) is 0. The van der Waals surface area contributed by atoms with Gasteiger partial charge in [0.15, 0.2) is 6.61 Å². The van der Waals surface area contributed by atoms with E-state index in [1.807, 2.05) is 35.6 Å². The van der Waals surface area contributed by atoms with Gasteiger partial charge >= 0.3 is 0 Å². The molecule has 0 saturated carbocycles. The number of ether oxygens (including phenoxy) is 1.